The lowest BCUT2D eigenvalue weighted by atomic mass is 10.0. The van der Waals surface area contributed by atoms with Gasteiger partial charge in [0.25, 0.3) is 0 Å². The van der Waals surface area contributed by atoms with Gasteiger partial charge in [-0.25, -0.2) is 0 Å². The summed E-state index contributed by atoms with van der Waals surface area (Å²) in [5, 5.41) is 1.57. The Labute approximate surface area is 217 Å². The molecule has 194 valence electrons. The van der Waals surface area contributed by atoms with E-state index in [4.69, 9.17) is 17.3 Å². The molecule has 0 saturated heterocycles. The van der Waals surface area contributed by atoms with E-state index in [1.165, 1.54) is 6.07 Å². The second kappa shape index (κ2) is 9.09. The number of amides is 1. The highest BCUT2D eigenvalue weighted by Crippen LogP contribution is 2.39. The smallest absolute Gasteiger partial charge is 0.366 e. The molecule has 1 amide bonds. The number of hydrogen-bond acceptors (Lipinski definition) is 1. The van der Waals surface area contributed by atoms with Crippen LogP contribution in [0.3, 0.4) is 0 Å². The fourth-order valence-electron chi connectivity index (χ4n) is 4.64. The number of rotatable bonds is 4. The van der Waals surface area contributed by atoms with E-state index >= 15 is 0 Å². The molecule has 0 unspecified atom stereocenters. The minimum absolute atomic E-state index is 0.0964. The van der Waals surface area contributed by atoms with Gasteiger partial charge < -0.3 is 10.3 Å². The van der Waals surface area contributed by atoms with Gasteiger partial charge in [-0.15, -0.1) is 0 Å². The minimum Gasteiger partial charge on any atom is -0.366 e. The van der Waals surface area contributed by atoms with Gasteiger partial charge in [-0.1, -0.05) is 41.9 Å². The zero-order chi connectivity index (χ0) is 27.4. The van der Waals surface area contributed by atoms with Crippen LogP contribution in [-0.2, 0) is 18.9 Å². The van der Waals surface area contributed by atoms with E-state index in [1.54, 1.807) is 59.2 Å². The van der Waals surface area contributed by atoms with Gasteiger partial charge in [-0.3, -0.25) is 4.79 Å². The number of alkyl halides is 6. The lowest BCUT2D eigenvalue weighted by molar-refractivity contribution is -0.143. The van der Waals surface area contributed by atoms with E-state index in [0.29, 0.717) is 39.0 Å². The highest BCUT2D eigenvalue weighted by Gasteiger charge is 2.37. The van der Waals surface area contributed by atoms with Crippen molar-refractivity contribution in [3.05, 3.63) is 106 Å². The molecular formula is C28H17ClF6N2O. The maximum atomic E-state index is 13.5. The van der Waals surface area contributed by atoms with Crippen LogP contribution in [-0.4, -0.2) is 10.5 Å². The van der Waals surface area contributed by atoms with Gasteiger partial charge in [0.1, 0.15) is 0 Å². The van der Waals surface area contributed by atoms with Crippen molar-refractivity contribution in [3.63, 3.8) is 0 Å². The standard InChI is InChI=1S/C28H17ClF6N2O/c29-20-7-4-16(5-8-20)17-6-9-21-24(12-17)37(23-3-1-2-22(25(21)23)26(36)38)14-15-10-18(27(30,31)32)13-19(11-15)28(33,34)35/h1-13H,14H2,(H2,36,38). The third-order valence-corrected chi connectivity index (χ3v) is 6.57. The van der Waals surface area contributed by atoms with Crippen molar-refractivity contribution in [3.8, 4) is 11.1 Å². The molecule has 5 rings (SSSR count). The summed E-state index contributed by atoms with van der Waals surface area (Å²) in [4.78, 5) is 12.2. The van der Waals surface area contributed by atoms with Crippen LogP contribution >= 0.6 is 11.6 Å². The zero-order valence-corrected chi connectivity index (χ0v) is 20.0. The van der Waals surface area contributed by atoms with Crippen molar-refractivity contribution < 1.29 is 31.1 Å². The average Bonchev–Trinajstić information content (AvgIpc) is 3.16. The summed E-state index contributed by atoms with van der Waals surface area (Å²) < 4.78 is 82.6. The van der Waals surface area contributed by atoms with E-state index in [-0.39, 0.29) is 23.7 Å². The van der Waals surface area contributed by atoms with Crippen LogP contribution in [0.2, 0.25) is 5.02 Å². The maximum Gasteiger partial charge on any atom is 0.416 e. The largest absolute Gasteiger partial charge is 0.416 e. The van der Waals surface area contributed by atoms with Gasteiger partial charge in [0.05, 0.1) is 22.2 Å². The van der Waals surface area contributed by atoms with E-state index in [1.807, 2.05) is 0 Å². The van der Waals surface area contributed by atoms with Crippen molar-refractivity contribution >= 4 is 39.3 Å². The summed E-state index contributed by atoms with van der Waals surface area (Å²) >= 11 is 5.99. The lowest BCUT2D eigenvalue weighted by Crippen LogP contribution is -2.13. The summed E-state index contributed by atoms with van der Waals surface area (Å²) in [6.45, 7) is -0.320. The molecule has 10 heteroatoms. The highest BCUT2D eigenvalue weighted by atomic mass is 35.5. The van der Waals surface area contributed by atoms with Gasteiger partial charge in [0.15, 0.2) is 0 Å². The Balaban J connectivity index is 1.78. The van der Waals surface area contributed by atoms with Gasteiger partial charge in [0.2, 0.25) is 5.91 Å². The molecule has 1 aromatic heterocycles. The quantitative estimate of drug-likeness (QED) is 0.226. The fraction of sp³-hybridized carbons (Fsp3) is 0.107. The van der Waals surface area contributed by atoms with Gasteiger partial charge in [0, 0.05) is 27.9 Å². The van der Waals surface area contributed by atoms with Crippen LogP contribution in [0.15, 0.2) is 78.9 Å². The first-order chi connectivity index (χ1) is 17.8. The Morgan fingerprint density at radius 2 is 1.37 bits per heavy atom. The number of benzene rings is 4. The second-order valence-electron chi connectivity index (χ2n) is 8.80. The van der Waals surface area contributed by atoms with Crippen LogP contribution in [0, 0.1) is 0 Å². The number of aromatic nitrogens is 1. The summed E-state index contributed by atoms with van der Waals surface area (Å²) in [5.74, 6) is -0.713. The molecule has 0 radical (unpaired) electrons. The number of carbonyl (C=O) groups excluding carboxylic acids is 1. The Bertz CT molecular complexity index is 1670. The maximum absolute atomic E-state index is 13.5. The Hall–Kier alpha value is -3.98. The number of nitrogens with zero attached hydrogens (tertiary/aromatic N) is 1. The van der Waals surface area contributed by atoms with E-state index in [0.717, 1.165) is 11.1 Å². The first-order valence-corrected chi connectivity index (χ1v) is 11.6. The van der Waals surface area contributed by atoms with E-state index < -0.39 is 29.4 Å². The van der Waals surface area contributed by atoms with Gasteiger partial charge >= 0.3 is 12.4 Å². The van der Waals surface area contributed by atoms with E-state index in [9.17, 15) is 31.1 Å². The Morgan fingerprint density at radius 3 is 1.95 bits per heavy atom. The third-order valence-electron chi connectivity index (χ3n) is 6.32. The topological polar surface area (TPSA) is 48.0 Å². The van der Waals surface area contributed by atoms with Crippen molar-refractivity contribution in [1.29, 1.82) is 0 Å². The van der Waals surface area contributed by atoms with Gasteiger partial charge in [-0.2, -0.15) is 26.3 Å². The predicted molar refractivity (Wildman–Crippen MR) is 134 cm³/mol. The first kappa shape index (κ1) is 25.7. The van der Waals surface area contributed by atoms with Crippen molar-refractivity contribution in [1.82, 2.24) is 4.57 Å². The third kappa shape index (κ3) is 4.69. The number of carbonyl (C=O) groups is 1. The molecule has 0 aliphatic heterocycles. The molecule has 3 nitrogen and oxygen atoms in total. The zero-order valence-electron chi connectivity index (χ0n) is 19.3. The summed E-state index contributed by atoms with van der Waals surface area (Å²) in [6.07, 6.45) is -9.95. The molecule has 2 N–H and O–H groups in total. The summed E-state index contributed by atoms with van der Waals surface area (Å²) in [6, 6.07) is 18.5. The number of primary amides is 1. The number of fused-ring (bicyclic) bond motifs is 3. The van der Waals surface area contributed by atoms with Crippen LogP contribution in [0.4, 0.5) is 26.3 Å². The SMILES string of the molecule is NC(=O)c1cccc2c1c1ccc(-c3ccc(Cl)cc3)cc1n2Cc1cc(C(F)(F)F)cc(C(F)(F)F)c1. The monoisotopic (exact) mass is 546 g/mol. The summed E-state index contributed by atoms with van der Waals surface area (Å²) in [7, 11) is 0. The fourth-order valence-corrected chi connectivity index (χ4v) is 4.76. The van der Waals surface area contributed by atoms with Crippen molar-refractivity contribution in [2.75, 3.05) is 0 Å². The molecule has 38 heavy (non-hydrogen) atoms. The molecule has 4 aromatic carbocycles. The minimum atomic E-state index is -4.97. The van der Waals surface area contributed by atoms with Crippen LogP contribution < -0.4 is 5.73 Å². The Kier molecular flexibility index (Phi) is 6.14. The molecule has 0 spiro atoms. The second-order valence-corrected chi connectivity index (χ2v) is 9.24. The average molecular weight is 547 g/mol. The van der Waals surface area contributed by atoms with Crippen LogP contribution in [0.1, 0.15) is 27.0 Å². The summed E-state index contributed by atoms with van der Waals surface area (Å²) in [5.41, 5.74) is 5.25. The number of halogens is 7. The van der Waals surface area contributed by atoms with Crippen molar-refractivity contribution in [2.24, 2.45) is 5.73 Å². The van der Waals surface area contributed by atoms with E-state index in [2.05, 4.69) is 0 Å². The number of nitrogens with two attached hydrogens (primary N) is 1. The number of hydrogen-bond donors (Lipinski definition) is 1. The molecule has 0 aliphatic rings. The van der Waals surface area contributed by atoms with Gasteiger partial charge in [-0.05, 0) is 65.2 Å². The normalized spacial score (nSPS) is 12.4. The Morgan fingerprint density at radius 1 is 0.763 bits per heavy atom. The van der Waals surface area contributed by atoms with Crippen LogP contribution in [0.25, 0.3) is 32.9 Å². The van der Waals surface area contributed by atoms with Crippen LogP contribution in [0.5, 0.6) is 0 Å². The molecule has 0 atom stereocenters. The molecule has 0 aliphatic carbocycles. The first-order valence-electron chi connectivity index (χ1n) is 11.2. The molecular weight excluding hydrogens is 530 g/mol. The predicted octanol–water partition coefficient (Wildman–Crippen LogP) is 8.30. The molecule has 1 heterocycles. The van der Waals surface area contributed by atoms with Crippen molar-refractivity contribution in [2.45, 2.75) is 18.9 Å². The molecule has 5 aromatic rings. The highest BCUT2D eigenvalue weighted by molar-refractivity contribution is 6.30. The molecule has 0 bridgehead atoms. The lowest BCUT2D eigenvalue weighted by Gasteiger charge is -2.16. The molecule has 0 fully saturated rings. The molecule has 0 saturated carbocycles.